The van der Waals surface area contributed by atoms with Crippen LogP contribution in [-0.4, -0.2) is 47.0 Å². The largest absolute Gasteiger partial charge is 0.490 e. The first-order chi connectivity index (χ1) is 12.8. The van der Waals surface area contributed by atoms with Gasteiger partial charge >= 0.3 is 0 Å². The fourth-order valence-electron chi connectivity index (χ4n) is 3.29. The van der Waals surface area contributed by atoms with Crippen molar-refractivity contribution in [1.82, 2.24) is 9.88 Å². The monoisotopic (exact) mass is 371 g/mol. The van der Waals surface area contributed by atoms with Gasteiger partial charge in [-0.05, 0) is 44.9 Å². The summed E-state index contributed by atoms with van der Waals surface area (Å²) >= 11 is 0. The van der Waals surface area contributed by atoms with E-state index in [1.54, 1.807) is 36.2 Å². The number of fused-ring (bicyclic) bond motifs is 1. The van der Waals surface area contributed by atoms with Gasteiger partial charge in [-0.1, -0.05) is 0 Å². The van der Waals surface area contributed by atoms with Crippen molar-refractivity contribution >= 4 is 22.7 Å². The van der Waals surface area contributed by atoms with E-state index in [9.17, 15) is 9.59 Å². The standard InChI is InChI=1S/C20H25N3O4/c1-12(2)26-19-10-15-17(9-16(19)20(21)25)22-7-6-18(15)27-14-5-4-8-23(11-14)13(3)24/h6-7,9-10,12,14H,4-5,8,11H2,1-3H3,(H2,21,25). The number of nitrogens with two attached hydrogens (primary N) is 1. The molecule has 2 N–H and O–H groups in total. The van der Waals surface area contributed by atoms with Crippen LogP contribution in [0.5, 0.6) is 11.5 Å². The molecular weight excluding hydrogens is 346 g/mol. The molecule has 1 aromatic heterocycles. The third-order valence-electron chi connectivity index (χ3n) is 4.55. The average molecular weight is 371 g/mol. The van der Waals surface area contributed by atoms with Crippen molar-refractivity contribution in [3.8, 4) is 11.5 Å². The first kappa shape index (κ1) is 18.9. The van der Waals surface area contributed by atoms with Gasteiger partial charge in [0, 0.05) is 25.1 Å². The third kappa shape index (κ3) is 4.30. The van der Waals surface area contributed by atoms with E-state index in [0.29, 0.717) is 29.1 Å². The topological polar surface area (TPSA) is 94.8 Å². The Hall–Kier alpha value is -2.83. The summed E-state index contributed by atoms with van der Waals surface area (Å²) in [5.41, 5.74) is 6.40. The van der Waals surface area contributed by atoms with Crippen LogP contribution in [0.15, 0.2) is 24.4 Å². The van der Waals surface area contributed by atoms with Crippen molar-refractivity contribution in [3.63, 3.8) is 0 Å². The highest BCUT2D eigenvalue weighted by Gasteiger charge is 2.24. The summed E-state index contributed by atoms with van der Waals surface area (Å²) in [5.74, 6) is 0.559. The van der Waals surface area contributed by atoms with Gasteiger partial charge in [-0.25, -0.2) is 0 Å². The molecule has 0 bridgehead atoms. The molecule has 1 fully saturated rings. The molecule has 27 heavy (non-hydrogen) atoms. The van der Waals surface area contributed by atoms with Gasteiger partial charge in [0.1, 0.15) is 17.6 Å². The highest BCUT2D eigenvalue weighted by molar-refractivity contribution is 6.01. The summed E-state index contributed by atoms with van der Waals surface area (Å²) in [6.45, 7) is 6.67. The van der Waals surface area contributed by atoms with Crippen LogP contribution in [-0.2, 0) is 4.79 Å². The molecule has 1 atom stereocenters. The smallest absolute Gasteiger partial charge is 0.252 e. The fraction of sp³-hybridized carbons (Fsp3) is 0.450. The minimum Gasteiger partial charge on any atom is -0.490 e. The maximum absolute atomic E-state index is 11.8. The predicted octanol–water partition coefficient (Wildman–Crippen LogP) is 2.51. The van der Waals surface area contributed by atoms with Gasteiger partial charge in [0.2, 0.25) is 5.91 Å². The lowest BCUT2D eigenvalue weighted by Crippen LogP contribution is -2.43. The van der Waals surface area contributed by atoms with Gasteiger partial charge in [0.25, 0.3) is 5.91 Å². The second-order valence-corrected chi connectivity index (χ2v) is 7.05. The average Bonchev–Trinajstić information content (AvgIpc) is 2.61. The van der Waals surface area contributed by atoms with E-state index in [0.717, 1.165) is 24.8 Å². The summed E-state index contributed by atoms with van der Waals surface area (Å²) in [4.78, 5) is 29.6. The van der Waals surface area contributed by atoms with Crippen LogP contribution >= 0.6 is 0 Å². The number of rotatable bonds is 5. The first-order valence-electron chi connectivity index (χ1n) is 9.16. The highest BCUT2D eigenvalue weighted by atomic mass is 16.5. The maximum atomic E-state index is 11.8. The summed E-state index contributed by atoms with van der Waals surface area (Å²) in [7, 11) is 0. The highest BCUT2D eigenvalue weighted by Crippen LogP contribution is 2.32. The van der Waals surface area contributed by atoms with E-state index in [2.05, 4.69) is 4.98 Å². The lowest BCUT2D eigenvalue weighted by molar-refractivity contribution is -0.131. The first-order valence-corrected chi connectivity index (χ1v) is 9.16. The molecule has 1 aliphatic heterocycles. The van der Waals surface area contributed by atoms with Crippen LogP contribution in [0.4, 0.5) is 0 Å². The van der Waals surface area contributed by atoms with Crippen LogP contribution in [0, 0.1) is 0 Å². The number of carbonyl (C=O) groups excluding carboxylic acids is 2. The number of likely N-dealkylation sites (tertiary alicyclic amines) is 1. The number of hydrogen-bond acceptors (Lipinski definition) is 5. The number of carbonyl (C=O) groups is 2. The number of hydrogen-bond donors (Lipinski definition) is 1. The molecule has 7 nitrogen and oxygen atoms in total. The van der Waals surface area contributed by atoms with E-state index in [1.807, 2.05) is 13.8 Å². The zero-order valence-electron chi connectivity index (χ0n) is 15.9. The van der Waals surface area contributed by atoms with E-state index in [-0.39, 0.29) is 18.1 Å². The molecule has 1 saturated heterocycles. The van der Waals surface area contributed by atoms with Gasteiger partial charge in [-0.15, -0.1) is 0 Å². The Kier molecular flexibility index (Phi) is 5.48. The van der Waals surface area contributed by atoms with Crippen LogP contribution in [0.3, 0.4) is 0 Å². The molecular formula is C20H25N3O4. The summed E-state index contributed by atoms with van der Waals surface area (Å²) in [6, 6.07) is 5.17. The Morgan fingerprint density at radius 3 is 2.74 bits per heavy atom. The Morgan fingerprint density at radius 2 is 2.07 bits per heavy atom. The van der Waals surface area contributed by atoms with Gasteiger partial charge in [0.05, 0.1) is 23.7 Å². The minimum atomic E-state index is -0.565. The van der Waals surface area contributed by atoms with Crippen LogP contribution in [0.2, 0.25) is 0 Å². The van der Waals surface area contributed by atoms with Gasteiger partial charge in [-0.2, -0.15) is 0 Å². The second-order valence-electron chi connectivity index (χ2n) is 7.05. The van der Waals surface area contributed by atoms with Crippen molar-refractivity contribution in [2.45, 2.75) is 45.8 Å². The van der Waals surface area contributed by atoms with Crippen molar-refractivity contribution in [3.05, 3.63) is 30.0 Å². The predicted molar refractivity (Wildman–Crippen MR) is 102 cm³/mol. The Labute approximate surface area is 158 Å². The summed E-state index contributed by atoms with van der Waals surface area (Å²) in [5, 5.41) is 0.748. The third-order valence-corrected chi connectivity index (χ3v) is 4.55. The molecule has 1 aromatic carbocycles. The molecule has 7 heteroatoms. The Balaban J connectivity index is 1.96. The minimum absolute atomic E-state index is 0.0570. The summed E-state index contributed by atoms with van der Waals surface area (Å²) in [6.07, 6.45) is 3.22. The normalized spacial score (nSPS) is 17.2. The zero-order valence-corrected chi connectivity index (χ0v) is 15.9. The number of amides is 2. The molecule has 0 spiro atoms. The SMILES string of the molecule is CC(=O)N1CCCC(Oc2ccnc3cc(C(N)=O)c(OC(C)C)cc23)C1. The van der Waals surface area contributed by atoms with E-state index < -0.39 is 5.91 Å². The number of nitrogens with zero attached hydrogens (tertiary/aromatic N) is 2. The molecule has 2 amide bonds. The van der Waals surface area contributed by atoms with Crippen molar-refractivity contribution in [2.24, 2.45) is 5.73 Å². The molecule has 0 radical (unpaired) electrons. The van der Waals surface area contributed by atoms with E-state index in [4.69, 9.17) is 15.2 Å². The maximum Gasteiger partial charge on any atom is 0.252 e. The molecule has 2 heterocycles. The molecule has 144 valence electrons. The number of ether oxygens (including phenoxy) is 2. The lowest BCUT2D eigenvalue weighted by atomic mass is 10.1. The Bertz CT molecular complexity index is 866. The van der Waals surface area contributed by atoms with Crippen LogP contribution in [0.25, 0.3) is 10.9 Å². The lowest BCUT2D eigenvalue weighted by Gasteiger charge is -2.32. The van der Waals surface area contributed by atoms with E-state index >= 15 is 0 Å². The molecule has 2 aromatic rings. The number of benzene rings is 1. The van der Waals surface area contributed by atoms with E-state index in [1.165, 1.54) is 0 Å². The zero-order chi connectivity index (χ0) is 19.6. The molecule has 0 aliphatic carbocycles. The van der Waals surface area contributed by atoms with Gasteiger partial charge < -0.3 is 20.1 Å². The van der Waals surface area contributed by atoms with Gasteiger partial charge in [0.15, 0.2) is 0 Å². The number of primary amides is 1. The molecule has 1 unspecified atom stereocenters. The van der Waals surface area contributed by atoms with Crippen molar-refractivity contribution in [2.75, 3.05) is 13.1 Å². The number of aromatic nitrogens is 1. The van der Waals surface area contributed by atoms with Crippen molar-refractivity contribution in [1.29, 1.82) is 0 Å². The second kappa shape index (κ2) is 7.82. The van der Waals surface area contributed by atoms with Crippen LogP contribution < -0.4 is 15.2 Å². The fourth-order valence-corrected chi connectivity index (χ4v) is 3.29. The molecule has 0 saturated carbocycles. The van der Waals surface area contributed by atoms with Crippen LogP contribution in [0.1, 0.15) is 44.0 Å². The van der Waals surface area contributed by atoms with Gasteiger partial charge in [-0.3, -0.25) is 14.6 Å². The quantitative estimate of drug-likeness (QED) is 0.871. The number of piperidine rings is 1. The summed E-state index contributed by atoms with van der Waals surface area (Å²) < 4.78 is 12.0. The number of pyridine rings is 1. The van der Waals surface area contributed by atoms with Crippen molar-refractivity contribution < 1.29 is 19.1 Å². The molecule has 3 rings (SSSR count). The Morgan fingerprint density at radius 1 is 1.30 bits per heavy atom. The molecule has 1 aliphatic rings.